The van der Waals surface area contributed by atoms with E-state index in [4.69, 9.17) is 0 Å². The maximum atomic E-state index is 13.1. The largest absolute Gasteiger partial charge is 0.213 e. The van der Waals surface area contributed by atoms with E-state index in [1.54, 1.807) is 13.0 Å². The zero-order valence-electron chi connectivity index (χ0n) is 9.77. The summed E-state index contributed by atoms with van der Waals surface area (Å²) in [4.78, 5) is 0. The predicted molar refractivity (Wildman–Crippen MR) is 64.8 cm³/mol. The first-order valence-electron chi connectivity index (χ1n) is 5.76. The van der Waals surface area contributed by atoms with Gasteiger partial charge in [0.15, 0.2) is 0 Å². The van der Waals surface area contributed by atoms with Crippen LogP contribution in [0.2, 0.25) is 0 Å². The Hall–Kier alpha value is -0.940. The highest BCUT2D eigenvalue weighted by molar-refractivity contribution is 7.89. The maximum absolute atomic E-state index is 13.1. The Morgan fingerprint density at radius 3 is 2.88 bits per heavy atom. The minimum absolute atomic E-state index is 0.118. The van der Waals surface area contributed by atoms with Gasteiger partial charge in [-0.3, -0.25) is 0 Å². The quantitative estimate of drug-likeness (QED) is 0.830. The SMILES string of the molecule is CCS(=O)(=O)N1CC[C@H](c2cccc(F)c2)C1. The van der Waals surface area contributed by atoms with E-state index in [1.807, 2.05) is 6.07 Å². The molecule has 1 aliphatic heterocycles. The molecule has 0 aliphatic carbocycles. The summed E-state index contributed by atoms with van der Waals surface area (Å²) in [5.74, 6) is -0.0191. The van der Waals surface area contributed by atoms with E-state index < -0.39 is 10.0 Å². The van der Waals surface area contributed by atoms with Crippen LogP contribution in [0.4, 0.5) is 4.39 Å². The minimum Gasteiger partial charge on any atom is -0.212 e. The van der Waals surface area contributed by atoms with E-state index in [1.165, 1.54) is 16.4 Å². The Labute approximate surface area is 101 Å². The molecular weight excluding hydrogens is 241 g/mol. The Bertz CT molecular complexity index is 501. The highest BCUT2D eigenvalue weighted by Crippen LogP contribution is 2.29. The summed E-state index contributed by atoms with van der Waals surface area (Å²) in [6.45, 7) is 2.65. The summed E-state index contributed by atoms with van der Waals surface area (Å²) in [6.07, 6.45) is 0.767. The van der Waals surface area contributed by atoms with Crippen LogP contribution in [0.25, 0.3) is 0 Å². The summed E-state index contributed by atoms with van der Waals surface area (Å²) in [6, 6.07) is 6.42. The van der Waals surface area contributed by atoms with Crippen LogP contribution in [-0.2, 0) is 10.0 Å². The summed E-state index contributed by atoms with van der Waals surface area (Å²) >= 11 is 0. The summed E-state index contributed by atoms with van der Waals surface area (Å²) < 4.78 is 38.0. The zero-order chi connectivity index (χ0) is 12.5. The Morgan fingerprint density at radius 1 is 1.47 bits per heavy atom. The van der Waals surface area contributed by atoms with Crippen molar-refractivity contribution < 1.29 is 12.8 Å². The van der Waals surface area contributed by atoms with Gasteiger partial charge in [-0.1, -0.05) is 12.1 Å². The van der Waals surface area contributed by atoms with Crippen LogP contribution in [-0.4, -0.2) is 31.6 Å². The molecule has 0 spiro atoms. The van der Waals surface area contributed by atoms with Crippen molar-refractivity contribution in [3.8, 4) is 0 Å². The molecule has 3 nitrogen and oxygen atoms in total. The molecule has 1 aromatic carbocycles. The van der Waals surface area contributed by atoms with Crippen LogP contribution < -0.4 is 0 Å². The fourth-order valence-electron chi connectivity index (χ4n) is 2.20. The van der Waals surface area contributed by atoms with Gasteiger partial charge in [0.2, 0.25) is 10.0 Å². The van der Waals surface area contributed by atoms with Crippen molar-refractivity contribution >= 4 is 10.0 Å². The van der Waals surface area contributed by atoms with Gasteiger partial charge in [0.05, 0.1) is 5.75 Å². The van der Waals surface area contributed by atoms with E-state index in [9.17, 15) is 12.8 Å². The van der Waals surface area contributed by atoms with Crippen LogP contribution in [0.5, 0.6) is 0 Å². The highest BCUT2D eigenvalue weighted by Gasteiger charge is 2.30. The van der Waals surface area contributed by atoms with Crippen molar-refractivity contribution in [2.24, 2.45) is 0 Å². The molecule has 0 aromatic heterocycles. The molecule has 2 rings (SSSR count). The van der Waals surface area contributed by atoms with Crippen molar-refractivity contribution in [3.63, 3.8) is 0 Å². The molecule has 94 valence electrons. The molecular formula is C12H16FNO2S. The lowest BCUT2D eigenvalue weighted by Crippen LogP contribution is -2.29. The fraction of sp³-hybridized carbons (Fsp3) is 0.500. The van der Waals surface area contributed by atoms with Gasteiger partial charge in [0.1, 0.15) is 5.82 Å². The summed E-state index contributed by atoms with van der Waals surface area (Å²) in [7, 11) is -3.11. The lowest BCUT2D eigenvalue weighted by Gasteiger charge is -2.15. The van der Waals surface area contributed by atoms with Gasteiger partial charge < -0.3 is 0 Å². The maximum Gasteiger partial charge on any atom is 0.213 e. The standard InChI is InChI=1S/C12H16FNO2S/c1-2-17(15,16)14-7-6-11(9-14)10-4-3-5-12(13)8-10/h3-5,8,11H,2,6-7,9H2,1H3/t11-/m0/s1. The van der Waals surface area contributed by atoms with Crippen LogP contribution in [0.15, 0.2) is 24.3 Å². The molecule has 5 heteroatoms. The second-order valence-corrected chi connectivity index (χ2v) is 6.56. The van der Waals surface area contributed by atoms with E-state index in [0.29, 0.717) is 13.1 Å². The number of hydrogen-bond acceptors (Lipinski definition) is 2. The first-order chi connectivity index (χ1) is 8.03. The van der Waals surface area contributed by atoms with Crippen LogP contribution in [0.1, 0.15) is 24.8 Å². The van der Waals surface area contributed by atoms with Crippen molar-refractivity contribution in [2.45, 2.75) is 19.3 Å². The van der Waals surface area contributed by atoms with Gasteiger partial charge in [-0.05, 0) is 37.0 Å². The molecule has 0 radical (unpaired) electrons. The van der Waals surface area contributed by atoms with Gasteiger partial charge >= 0.3 is 0 Å². The zero-order valence-corrected chi connectivity index (χ0v) is 10.6. The third-order valence-corrected chi connectivity index (χ3v) is 5.08. The van der Waals surface area contributed by atoms with Crippen molar-refractivity contribution in [1.82, 2.24) is 4.31 Å². The average molecular weight is 257 g/mol. The normalized spacial score (nSPS) is 21.9. The molecule has 0 unspecified atom stereocenters. The molecule has 17 heavy (non-hydrogen) atoms. The molecule has 0 amide bonds. The van der Waals surface area contributed by atoms with Gasteiger partial charge in [0, 0.05) is 13.1 Å². The lowest BCUT2D eigenvalue weighted by molar-refractivity contribution is 0.474. The van der Waals surface area contributed by atoms with E-state index in [0.717, 1.165) is 12.0 Å². The monoisotopic (exact) mass is 257 g/mol. The number of sulfonamides is 1. The molecule has 0 saturated carbocycles. The minimum atomic E-state index is -3.11. The number of hydrogen-bond donors (Lipinski definition) is 0. The highest BCUT2D eigenvalue weighted by atomic mass is 32.2. The molecule has 1 heterocycles. The molecule has 1 aromatic rings. The molecule has 1 fully saturated rings. The summed E-state index contributed by atoms with van der Waals surface area (Å²) in [5.41, 5.74) is 0.888. The van der Waals surface area contributed by atoms with Gasteiger partial charge in [-0.25, -0.2) is 17.1 Å². The second-order valence-electron chi connectivity index (χ2n) is 4.30. The molecule has 0 bridgehead atoms. The first-order valence-corrected chi connectivity index (χ1v) is 7.37. The predicted octanol–water partition coefficient (Wildman–Crippen LogP) is 1.96. The third-order valence-electron chi connectivity index (χ3n) is 3.23. The number of benzene rings is 1. The van der Waals surface area contributed by atoms with Gasteiger partial charge in [0.25, 0.3) is 0 Å². The Kier molecular flexibility index (Phi) is 3.49. The van der Waals surface area contributed by atoms with Crippen molar-refractivity contribution in [3.05, 3.63) is 35.6 Å². The van der Waals surface area contributed by atoms with Crippen molar-refractivity contribution in [2.75, 3.05) is 18.8 Å². The van der Waals surface area contributed by atoms with Gasteiger partial charge in [-0.2, -0.15) is 0 Å². The van der Waals surface area contributed by atoms with E-state index >= 15 is 0 Å². The Morgan fingerprint density at radius 2 is 2.24 bits per heavy atom. The first kappa shape index (κ1) is 12.5. The molecule has 1 aliphatic rings. The topological polar surface area (TPSA) is 37.4 Å². The van der Waals surface area contributed by atoms with Crippen molar-refractivity contribution in [1.29, 1.82) is 0 Å². The molecule has 0 N–H and O–H groups in total. The summed E-state index contributed by atoms with van der Waals surface area (Å²) in [5, 5.41) is 0. The molecule has 1 atom stereocenters. The smallest absolute Gasteiger partial charge is 0.212 e. The van der Waals surface area contributed by atoms with E-state index in [-0.39, 0.29) is 17.5 Å². The van der Waals surface area contributed by atoms with Crippen LogP contribution in [0, 0.1) is 5.82 Å². The second kappa shape index (κ2) is 4.74. The Balaban J connectivity index is 2.13. The van der Waals surface area contributed by atoms with Gasteiger partial charge in [-0.15, -0.1) is 0 Å². The number of rotatable bonds is 3. The third kappa shape index (κ3) is 2.66. The number of halogens is 1. The van der Waals surface area contributed by atoms with Crippen LogP contribution in [0.3, 0.4) is 0 Å². The van der Waals surface area contributed by atoms with Crippen LogP contribution >= 0.6 is 0 Å². The fourth-order valence-corrected chi connectivity index (χ4v) is 3.35. The lowest BCUT2D eigenvalue weighted by atomic mass is 9.99. The van der Waals surface area contributed by atoms with E-state index in [2.05, 4.69) is 0 Å². The average Bonchev–Trinajstić information content (AvgIpc) is 2.79. The molecule has 1 saturated heterocycles. The number of nitrogens with zero attached hydrogens (tertiary/aromatic N) is 1.